The summed E-state index contributed by atoms with van der Waals surface area (Å²) in [7, 11) is 3.37. The topological polar surface area (TPSA) is 42.3 Å². The van der Waals surface area contributed by atoms with Gasteiger partial charge in [-0.3, -0.25) is 9.59 Å². The molecule has 0 aliphatic rings. The summed E-state index contributed by atoms with van der Waals surface area (Å²) in [6.45, 7) is 2.35. The number of nitrogens with zero attached hydrogens (tertiary/aromatic N) is 2. The van der Waals surface area contributed by atoms with Gasteiger partial charge in [0.1, 0.15) is 5.69 Å². The van der Waals surface area contributed by atoms with Gasteiger partial charge in [0.25, 0.3) is 11.5 Å². The highest BCUT2D eigenvalue weighted by Crippen LogP contribution is 2.13. The second-order valence-electron chi connectivity index (χ2n) is 4.37. The molecule has 1 aromatic heterocycles. The molecule has 0 fully saturated rings. The van der Waals surface area contributed by atoms with E-state index in [-0.39, 0.29) is 11.5 Å². The minimum Gasteiger partial charge on any atom is -0.343 e. The maximum atomic E-state index is 12.3. The Morgan fingerprint density at radius 2 is 1.94 bits per heavy atom. The van der Waals surface area contributed by atoms with E-state index < -0.39 is 0 Å². The first-order valence-electron chi connectivity index (χ1n) is 5.90. The van der Waals surface area contributed by atoms with Crippen LogP contribution in [0.25, 0.3) is 10.8 Å². The van der Waals surface area contributed by atoms with Crippen molar-refractivity contribution in [1.29, 1.82) is 0 Å². The van der Waals surface area contributed by atoms with E-state index in [9.17, 15) is 9.59 Å². The Labute approximate surface area is 105 Å². The summed E-state index contributed by atoms with van der Waals surface area (Å²) >= 11 is 0. The molecule has 1 amide bonds. The predicted octanol–water partition coefficient (Wildman–Crippen LogP) is 1.72. The van der Waals surface area contributed by atoms with E-state index >= 15 is 0 Å². The Morgan fingerprint density at radius 3 is 2.56 bits per heavy atom. The summed E-state index contributed by atoms with van der Waals surface area (Å²) in [5.41, 5.74) is 0.326. The van der Waals surface area contributed by atoms with Crippen molar-refractivity contribution in [3.63, 3.8) is 0 Å². The summed E-state index contributed by atoms with van der Waals surface area (Å²) in [6, 6.07) is 9.11. The number of carbonyl (C=O) groups is 1. The molecule has 0 atom stereocenters. The van der Waals surface area contributed by atoms with Crippen molar-refractivity contribution in [2.75, 3.05) is 14.1 Å². The molecule has 0 aliphatic carbocycles. The third-order valence-corrected chi connectivity index (χ3v) is 2.96. The molecule has 4 heteroatoms. The van der Waals surface area contributed by atoms with Gasteiger partial charge >= 0.3 is 0 Å². The smallest absolute Gasteiger partial charge is 0.270 e. The Morgan fingerprint density at radius 1 is 1.28 bits per heavy atom. The molecule has 1 aromatic carbocycles. The number of pyridine rings is 1. The lowest BCUT2D eigenvalue weighted by atomic mass is 10.1. The van der Waals surface area contributed by atoms with Crippen LogP contribution in [-0.2, 0) is 6.54 Å². The first-order chi connectivity index (χ1) is 8.56. The van der Waals surface area contributed by atoms with Gasteiger partial charge in [0, 0.05) is 26.0 Å². The Kier molecular flexibility index (Phi) is 3.19. The summed E-state index contributed by atoms with van der Waals surface area (Å²) in [4.78, 5) is 25.9. The van der Waals surface area contributed by atoms with E-state index in [2.05, 4.69) is 0 Å². The number of amides is 1. The van der Waals surface area contributed by atoms with Crippen molar-refractivity contribution in [2.45, 2.75) is 13.5 Å². The number of aromatic nitrogens is 1. The second-order valence-corrected chi connectivity index (χ2v) is 4.37. The molecule has 0 unspecified atom stereocenters. The quantitative estimate of drug-likeness (QED) is 0.807. The van der Waals surface area contributed by atoms with Crippen molar-refractivity contribution in [2.24, 2.45) is 0 Å². The highest BCUT2D eigenvalue weighted by Gasteiger charge is 2.15. The lowest BCUT2D eigenvalue weighted by molar-refractivity contribution is 0.0816. The second kappa shape index (κ2) is 4.64. The number of benzene rings is 1. The van der Waals surface area contributed by atoms with Crippen molar-refractivity contribution in [3.05, 3.63) is 46.4 Å². The fourth-order valence-electron chi connectivity index (χ4n) is 2.02. The van der Waals surface area contributed by atoms with E-state index in [1.165, 1.54) is 9.47 Å². The standard InChI is InChI=1S/C14H16N2O2/c1-4-16-12(14(18)15(2)3)9-10-7-5-6-8-11(10)13(16)17/h5-9H,4H2,1-3H3. The van der Waals surface area contributed by atoms with Crippen LogP contribution in [0, 0.1) is 0 Å². The predicted molar refractivity (Wildman–Crippen MR) is 71.9 cm³/mol. The van der Waals surface area contributed by atoms with Gasteiger partial charge in [0.2, 0.25) is 0 Å². The van der Waals surface area contributed by atoms with Crippen LogP contribution in [0.4, 0.5) is 0 Å². The molecule has 0 aliphatic heterocycles. The summed E-state index contributed by atoms with van der Waals surface area (Å²) < 4.78 is 1.52. The number of rotatable bonds is 2. The van der Waals surface area contributed by atoms with E-state index in [4.69, 9.17) is 0 Å². The van der Waals surface area contributed by atoms with Gasteiger partial charge in [0.05, 0.1) is 0 Å². The van der Waals surface area contributed by atoms with Crippen LogP contribution < -0.4 is 5.56 Å². The molecule has 94 valence electrons. The monoisotopic (exact) mass is 244 g/mol. The molecule has 18 heavy (non-hydrogen) atoms. The first kappa shape index (κ1) is 12.4. The number of fused-ring (bicyclic) bond motifs is 1. The summed E-state index contributed by atoms with van der Waals surface area (Å²) in [6.07, 6.45) is 0. The van der Waals surface area contributed by atoms with Gasteiger partial charge in [-0.25, -0.2) is 0 Å². The van der Waals surface area contributed by atoms with E-state index in [0.717, 1.165) is 5.39 Å². The molecule has 0 spiro atoms. The van der Waals surface area contributed by atoms with Crippen molar-refractivity contribution >= 4 is 16.7 Å². The minimum atomic E-state index is -0.153. The normalized spacial score (nSPS) is 10.6. The molecule has 2 rings (SSSR count). The Bertz CT molecular complexity index is 656. The van der Waals surface area contributed by atoms with Gasteiger partial charge < -0.3 is 9.47 Å². The van der Waals surface area contributed by atoms with Crippen LogP contribution in [0.2, 0.25) is 0 Å². The molecule has 0 N–H and O–H groups in total. The third-order valence-electron chi connectivity index (χ3n) is 2.96. The Hall–Kier alpha value is -2.10. The number of hydrogen-bond acceptors (Lipinski definition) is 2. The van der Waals surface area contributed by atoms with Gasteiger partial charge in [-0.2, -0.15) is 0 Å². The molecule has 4 nitrogen and oxygen atoms in total. The van der Waals surface area contributed by atoms with Crippen molar-refractivity contribution in [1.82, 2.24) is 9.47 Å². The highest BCUT2D eigenvalue weighted by molar-refractivity contribution is 5.96. The first-order valence-corrected chi connectivity index (χ1v) is 5.90. The summed E-state index contributed by atoms with van der Waals surface area (Å²) in [5.74, 6) is -0.153. The third kappa shape index (κ3) is 1.90. The van der Waals surface area contributed by atoms with Crippen LogP contribution >= 0.6 is 0 Å². The maximum absolute atomic E-state index is 12.3. The maximum Gasteiger partial charge on any atom is 0.270 e. The van der Waals surface area contributed by atoms with E-state index in [0.29, 0.717) is 17.6 Å². The highest BCUT2D eigenvalue weighted by atomic mass is 16.2. The fraction of sp³-hybridized carbons (Fsp3) is 0.286. The lowest BCUT2D eigenvalue weighted by Gasteiger charge is -2.15. The largest absolute Gasteiger partial charge is 0.343 e. The Balaban J connectivity index is 2.81. The van der Waals surface area contributed by atoms with Crippen LogP contribution in [0.3, 0.4) is 0 Å². The van der Waals surface area contributed by atoms with Crippen molar-refractivity contribution < 1.29 is 4.79 Å². The number of hydrogen-bond donors (Lipinski definition) is 0. The van der Waals surface area contributed by atoms with Gasteiger partial charge in [-0.15, -0.1) is 0 Å². The van der Waals surface area contributed by atoms with Crippen LogP contribution in [-0.4, -0.2) is 29.5 Å². The van der Waals surface area contributed by atoms with Gasteiger partial charge in [-0.05, 0) is 24.4 Å². The van der Waals surface area contributed by atoms with Crippen LogP contribution in [0.1, 0.15) is 17.4 Å². The van der Waals surface area contributed by atoms with E-state index in [1.54, 1.807) is 26.2 Å². The molecule has 2 aromatic rings. The molecular formula is C14H16N2O2. The molecule has 0 saturated carbocycles. The van der Waals surface area contributed by atoms with Gasteiger partial charge in [0.15, 0.2) is 0 Å². The van der Waals surface area contributed by atoms with Crippen LogP contribution in [0.15, 0.2) is 35.1 Å². The van der Waals surface area contributed by atoms with Crippen molar-refractivity contribution in [3.8, 4) is 0 Å². The zero-order valence-electron chi connectivity index (χ0n) is 10.8. The average molecular weight is 244 g/mol. The molecule has 0 bridgehead atoms. The fourth-order valence-corrected chi connectivity index (χ4v) is 2.02. The van der Waals surface area contributed by atoms with Gasteiger partial charge in [-0.1, -0.05) is 18.2 Å². The van der Waals surface area contributed by atoms with E-state index in [1.807, 2.05) is 25.1 Å². The SMILES string of the molecule is CCn1c(C(=O)N(C)C)cc2ccccc2c1=O. The zero-order chi connectivity index (χ0) is 13.3. The molecule has 0 radical (unpaired) electrons. The summed E-state index contributed by atoms with van der Waals surface area (Å²) in [5, 5.41) is 1.45. The average Bonchev–Trinajstić information content (AvgIpc) is 2.37. The molecular weight excluding hydrogens is 228 g/mol. The van der Waals surface area contributed by atoms with Crippen LogP contribution in [0.5, 0.6) is 0 Å². The zero-order valence-corrected chi connectivity index (χ0v) is 10.8. The lowest BCUT2D eigenvalue weighted by Crippen LogP contribution is -2.31. The minimum absolute atomic E-state index is 0.110. The molecule has 1 heterocycles. The molecule has 0 saturated heterocycles. The number of carbonyl (C=O) groups excluding carboxylic acids is 1.